The van der Waals surface area contributed by atoms with Gasteiger partial charge in [-0.05, 0) is 56.2 Å². The van der Waals surface area contributed by atoms with Crippen LogP contribution in [0.4, 0.5) is 5.82 Å². The van der Waals surface area contributed by atoms with Crippen LogP contribution in [0.25, 0.3) is 5.69 Å². The molecular formula is C18H18N4O. The smallest absolute Gasteiger partial charge is 0.256 e. The van der Waals surface area contributed by atoms with Crippen molar-refractivity contribution < 1.29 is 4.79 Å². The summed E-state index contributed by atoms with van der Waals surface area (Å²) in [4.78, 5) is 16.3. The third kappa shape index (κ3) is 3.29. The topological polar surface area (TPSA) is 59.8 Å². The first-order chi connectivity index (χ1) is 11.0. The molecule has 1 amide bonds. The van der Waals surface area contributed by atoms with Gasteiger partial charge in [0, 0.05) is 24.0 Å². The van der Waals surface area contributed by atoms with Gasteiger partial charge in [-0.15, -0.1) is 0 Å². The van der Waals surface area contributed by atoms with Gasteiger partial charge in [0.1, 0.15) is 5.82 Å². The van der Waals surface area contributed by atoms with Crippen LogP contribution in [0.1, 0.15) is 27.2 Å². The molecular weight excluding hydrogens is 288 g/mol. The Balaban J connectivity index is 1.96. The molecule has 116 valence electrons. The number of nitrogens with one attached hydrogen (secondary N) is 1. The lowest BCUT2D eigenvalue weighted by molar-refractivity contribution is 0.102. The van der Waals surface area contributed by atoms with E-state index < -0.39 is 0 Å². The van der Waals surface area contributed by atoms with Crippen LogP contribution in [-0.4, -0.2) is 20.7 Å². The molecule has 1 N–H and O–H groups in total. The zero-order valence-corrected chi connectivity index (χ0v) is 13.4. The van der Waals surface area contributed by atoms with Gasteiger partial charge in [0.2, 0.25) is 0 Å². The van der Waals surface area contributed by atoms with Gasteiger partial charge >= 0.3 is 0 Å². The number of nitrogens with zero attached hydrogens (tertiary/aromatic N) is 3. The highest BCUT2D eigenvalue weighted by molar-refractivity contribution is 6.03. The fourth-order valence-electron chi connectivity index (χ4n) is 2.55. The van der Waals surface area contributed by atoms with Crippen LogP contribution in [0.2, 0.25) is 0 Å². The Labute approximate surface area is 135 Å². The maximum Gasteiger partial charge on any atom is 0.256 e. The highest BCUT2D eigenvalue weighted by Gasteiger charge is 2.12. The third-order valence-corrected chi connectivity index (χ3v) is 3.47. The predicted octanol–water partition coefficient (Wildman–Crippen LogP) is 3.44. The first kappa shape index (κ1) is 15.0. The van der Waals surface area contributed by atoms with Crippen molar-refractivity contribution in [3.63, 3.8) is 0 Å². The summed E-state index contributed by atoms with van der Waals surface area (Å²) in [6.45, 7) is 5.99. The first-order valence-electron chi connectivity index (χ1n) is 7.39. The molecule has 0 aliphatic rings. The van der Waals surface area contributed by atoms with Crippen molar-refractivity contribution in [3.05, 3.63) is 71.2 Å². The van der Waals surface area contributed by atoms with E-state index in [9.17, 15) is 4.79 Å². The molecule has 0 atom stereocenters. The highest BCUT2D eigenvalue weighted by Crippen LogP contribution is 2.20. The molecule has 0 fully saturated rings. The second-order valence-corrected chi connectivity index (χ2v) is 5.62. The van der Waals surface area contributed by atoms with Crippen molar-refractivity contribution in [1.82, 2.24) is 14.8 Å². The van der Waals surface area contributed by atoms with Crippen molar-refractivity contribution >= 4 is 11.7 Å². The van der Waals surface area contributed by atoms with Crippen LogP contribution < -0.4 is 5.32 Å². The lowest BCUT2D eigenvalue weighted by Crippen LogP contribution is -2.15. The molecule has 3 rings (SSSR count). The first-order valence-corrected chi connectivity index (χ1v) is 7.39. The van der Waals surface area contributed by atoms with Gasteiger partial charge in [-0.3, -0.25) is 9.78 Å². The summed E-state index contributed by atoms with van der Waals surface area (Å²) < 4.78 is 1.76. The molecule has 0 saturated carbocycles. The molecule has 0 bridgehead atoms. The monoisotopic (exact) mass is 306 g/mol. The summed E-state index contributed by atoms with van der Waals surface area (Å²) in [5.74, 6) is 0.465. The number of amides is 1. The molecule has 1 aromatic carbocycles. The lowest BCUT2D eigenvalue weighted by atomic mass is 10.1. The van der Waals surface area contributed by atoms with Gasteiger partial charge in [-0.2, -0.15) is 5.10 Å². The lowest BCUT2D eigenvalue weighted by Gasteiger charge is -2.10. The Morgan fingerprint density at radius 1 is 1.00 bits per heavy atom. The summed E-state index contributed by atoms with van der Waals surface area (Å²) in [6, 6.07) is 11.4. The van der Waals surface area contributed by atoms with E-state index in [4.69, 9.17) is 0 Å². The minimum absolute atomic E-state index is 0.182. The number of hydrogen-bond acceptors (Lipinski definition) is 3. The van der Waals surface area contributed by atoms with E-state index in [1.54, 1.807) is 29.2 Å². The molecule has 2 aromatic heterocycles. The van der Waals surface area contributed by atoms with Crippen LogP contribution in [0.15, 0.2) is 48.8 Å². The number of rotatable bonds is 3. The fourth-order valence-corrected chi connectivity index (χ4v) is 2.55. The number of aryl methyl sites for hydroxylation is 3. The van der Waals surface area contributed by atoms with Crippen molar-refractivity contribution in [2.24, 2.45) is 0 Å². The zero-order chi connectivity index (χ0) is 16.4. The molecule has 5 heteroatoms. The van der Waals surface area contributed by atoms with E-state index in [0.717, 1.165) is 22.5 Å². The zero-order valence-electron chi connectivity index (χ0n) is 13.4. The largest absolute Gasteiger partial charge is 0.306 e. The number of carbonyl (C=O) groups is 1. The number of aromatic nitrogens is 3. The Kier molecular flexibility index (Phi) is 3.93. The fraction of sp³-hybridized carbons (Fsp3) is 0.167. The van der Waals surface area contributed by atoms with E-state index in [1.807, 2.05) is 39.0 Å². The van der Waals surface area contributed by atoms with E-state index in [-0.39, 0.29) is 5.91 Å². The number of pyridine rings is 1. The standard InChI is InChI=1S/C18H18N4O/c1-12-8-13(2)10-16(9-12)22-17(11-14(3)21-22)20-18(23)15-4-6-19-7-5-15/h4-11H,1-3H3,(H,20,23). The average Bonchev–Trinajstić information content (AvgIpc) is 2.88. The summed E-state index contributed by atoms with van der Waals surface area (Å²) >= 11 is 0. The van der Waals surface area contributed by atoms with E-state index in [0.29, 0.717) is 11.4 Å². The van der Waals surface area contributed by atoms with Crippen molar-refractivity contribution in [2.45, 2.75) is 20.8 Å². The quantitative estimate of drug-likeness (QED) is 0.806. The van der Waals surface area contributed by atoms with Gasteiger partial charge in [0.15, 0.2) is 0 Å². The van der Waals surface area contributed by atoms with E-state index in [1.165, 1.54) is 0 Å². The summed E-state index contributed by atoms with van der Waals surface area (Å²) in [5.41, 5.74) is 4.64. The molecule has 2 heterocycles. The SMILES string of the molecule is Cc1cc(C)cc(-n2nc(C)cc2NC(=O)c2ccncc2)c1. The molecule has 3 aromatic rings. The summed E-state index contributed by atoms with van der Waals surface area (Å²) in [6.07, 6.45) is 3.20. The normalized spacial score (nSPS) is 10.6. The molecule has 0 radical (unpaired) electrons. The summed E-state index contributed by atoms with van der Waals surface area (Å²) in [7, 11) is 0. The molecule has 0 aliphatic heterocycles. The summed E-state index contributed by atoms with van der Waals surface area (Å²) in [5, 5.41) is 7.42. The van der Waals surface area contributed by atoms with Gasteiger partial charge in [-0.1, -0.05) is 6.07 Å². The predicted molar refractivity (Wildman–Crippen MR) is 90.0 cm³/mol. The third-order valence-electron chi connectivity index (χ3n) is 3.47. The molecule has 0 aliphatic carbocycles. The number of carbonyl (C=O) groups excluding carboxylic acids is 1. The van der Waals surface area contributed by atoms with Gasteiger partial charge in [-0.25, -0.2) is 4.68 Å². The van der Waals surface area contributed by atoms with Gasteiger partial charge in [0.05, 0.1) is 11.4 Å². The second kappa shape index (κ2) is 6.04. The van der Waals surface area contributed by atoms with Crippen molar-refractivity contribution in [1.29, 1.82) is 0 Å². The number of benzene rings is 1. The minimum atomic E-state index is -0.182. The molecule has 0 spiro atoms. The molecule has 0 saturated heterocycles. The average molecular weight is 306 g/mol. The highest BCUT2D eigenvalue weighted by atomic mass is 16.1. The van der Waals surface area contributed by atoms with Crippen molar-refractivity contribution in [2.75, 3.05) is 5.32 Å². The van der Waals surface area contributed by atoms with Crippen molar-refractivity contribution in [3.8, 4) is 5.69 Å². The van der Waals surface area contributed by atoms with Crippen LogP contribution in [-0.2, 0) is 0 Å². The molecule has 5 nitrogen and oxygen atoms in total. The van der Waals surface area contributed by atoms with Gasteiger partial charge in [0.25, 0.3) is 5.91 Å². The maximum atomic E-state index is 12.4. The Morgan fingerprint density at radius 3 is 2.30 bits per heavy atom. The van der Waals surface area contributed by atoms with E-state index >= 15 is 0 Å². The second-order valence-electron chi connectivity index (χ2n) is 5.62. The van der Waals surface area contributed by atoms with Crippen LogP contribution in [0.3, 0.4) is 0 Å². The number of anilines is 1. The van der Waals surface area contributed by atoms with E-state index in [2.05, 4.69) is 21.5 Å². The van der Waals surface area contributed by atoms with Crippen LogP contribution in [0, 0.1) is 20.8 Å². The van der Waals surface area contributed by atoms with Crippen LogP contribution >= 0.6 is 0 Å². The van der Waals surface area contributed by atoms with Gasteiger partial charge < -0.3 is 5.32 Å². The molecule has 0 unspecified atom stereocenters. The minimum Gasteiger partial charge on any atom is -0.306 e. The molecule has 23 heavy (non-hydrogen) atoms. The Bertz CT molecular complexity index is 832. The maximum absolute atomic E-state index is 12.4. The number of hydrogen-bond donors (Lipinski definition) is 1. The Hall–Kier alpha value is -2.95. The Morgan fingerprint density at radius 2 is 1.65 bits per heavy atom. The van der Waals surface area contributed by atoms with Crippen LogP contribution in [0.5, 0.6) is 0 Å².